The Morgan fingerprint density at radius 3 is 2.57 bits per heavy atom. The van der Waals surface area contributed by atoms with Gasteiger partial charge < -0.3 is 9.80 Å². The first-order chi connectivity index (χ1) is 10.8. The molecule has 0 unspecified atom stereocenters. The van der Waals surface area contributed by atoms with Gasteiger partial charge in [0.15, 0.2) is 0 Å². The molecule has 0 saturated carbocycles. The zero-order chi connectivity index (χ0) is 17.0. The van der Waals surface area contributed by atoms with Crippen LogP contribution in [0.4, 0.5) is 24.5 Å². The molecule has 0 atom stereocenters. The van der Waals surface area contributed by atoms with E-state index in [2.05, 4.69) is 11.8 Å². The van der Waals surface area contributed by atoms with Gasteiger partial charge in [-0.3, -0.25) is 10.1 Å². The van der Waals surface area contributed by atoms with Gasteiger partial charge in [-0.2, -0.15) is 13.2 Å². The van der Waals surface area contributed by atoms with Gasteiger partial charge in [-0.1, -0.05) is 6.92 Å². The van der Waals surface area contributed by atoms with Gasteiger partial charge in [0.2, 0.25) is 0 Å². The Morgan fingerprint density at radius 1 is 1.22 bits per heavy atom. The van der Waals surface area contributed by atoms with Crippen LogP contribution in [0.15, 0.2) is 18.2 Å². The average molecular weight is 331 g/mol. The molecule has 1 aliphatic rings. The average Bonchev–Trinajstić information content (AvgIpc) is 2.72. The highest BCUT2D eigenvalue weighted by Crippen LogP contribution is 2.39. The van der Waals surface area contributed by atoms with Gasteiger partial charge in [0.05, 0.1) is 10.5 Å². The van der Waals surface area contributed by atoms with Crippen molar-refractivity contribution in [2.45, 2.75) is 25.9 Å². The largest absolute Gasteiger partial charge is 0.418 e. The minimum atomic E-state index is -4.61. The van der Waals surface area contributed by atoms with Gasteiger partial charge in [0.25, 0.3) is 5.69 Å². The number of rotatable bonds is 4. The molecule has 1 aromatic rings. The summed E-state index contributed by atoms with van der Waals surface area (Å²) in [5.74, 6) is 0. The molecule has 0 radical (unpaired) electrons. The van der Waals surface area contributed by atoms with Gasteiger partial charge in [0, 0.05) is 37.5 Å². The summed E-state index contributed by atoms with van der Waals surface area (Å²) >= 11 is 0. The van der Waals surface area contributed by atoms with Gasteiger partial charge in [-0.25, -0.2) is 0 Å². The third-order valence-corrected chi connectivity index (χ3v) is 3.97. The molecule has 1 saturated heterocycles. The van der Waals surface area contributed by atoms with E-state index in [9.17, 15) is 23.3 Å². The smallest absolute Gasteiger partial charge is 0.370 e. The number of benzene rings is 1. The van der Waals surface area contributed by atoms with Crippen molar-refractivity contribution in [2.75, 3.05) is 37.6 Å². The first-order valence-corrected chi connectivity index (χ1v) is 7.66. The summed E-state index contributed by atoms with van der Waals surface area (Å²) in [6.45, 7) is 5.56. The molecule has 23 heavy (non-hydrogen) atoms. The van der Waals surface area contributed by atoms with Crippen LogP contribution in [0.25, 0.3) is 0 Å². The molecule has 0 bridgehead atoms. The summed E-state index contributed by atoms with van der Waals surface area (Å²) in [6.07, 6.45) is -2.84. The van der Waals surface area contributed by atoms with E-state index in [1.807, 2.05) is 0 Å². The van der Waals surface area contributed by atoms with Crippen LogP contribution < -0.4 is 4.90 Å². The molecule has 5 nitrogen and oxygen atoms in total. The minimum absolute atomic E-state index is 0.0291. The molecule has 1 fully saturated rings. The molecular weight excluding hydrogens is 311 g/mol. The third-order valence-electron chi connectivity index (χ3n) is 3.97. The van der Waals surface area contributed by atoms with E-state index in [-0.39, 0.29) is 5.69 Å². The van der Waals surface area contributed by atoms with Crippen LogP contribution in [-0.2, 0) is 6.18 Å². The van der Waals surface area contributed by atoms with Crippen LogP contribution in [0.5, 0.6) is 0 Å². The molecule has 1 heterocycles. The molecule has 128 valence electrons. The van der Waals surface area contributed by atoms with Gasteiger partial charge >= 0.3 is 6.18 Å². The molecule has 0 spiro atoms. The van der Waals surface area contributed by atoms with Crippen molar-refractivity contribution in [3.63, 3.8) is 0 Å². The monoisotopic (exact) mass is 331 g/mol. The van der Waals surface area contributed by atoms with Crippen LogP contribution in [0.2, 0.25) is 0 Å². The minimum Gasteiger partial charge on any atom is -0.370 e. The Morgan fingerprint density at radius 2 is 1.96 bits per heavy atom. The third kappa shape index (κ3) is 4.34. The number of non-ortho nitro benzene ring substituents is 1. The topological polar surface area (TPSA) is 49.6 Å². The first kappa shape index (κ1) is 17.5. The highest BCUT2D eigenvalue weighted by atomic mass is 19.4. The van der Waals surface area contributed by atoms with E-state index in [1.165, 1.54) is 6.07 Å². The number of nitro groups is 1. The fourth-order valence-electron chi connectivity index (χ4n) is 2.89. The van der Waals surface area contributed by atoms with E-state index >= 15 is 0 Å². The second-order valence-corrected chi connectivity index (χ2v) is 5.64. The lowest BCUT2D eigenvalue weighted by Crippen LogP contribution is -2.32. The van der Waals surface area contributed by atoms with E-state index in [4.69, 9.17) is 0 Å². The number of nitrogens with zero attached hydrogens (tertiary/aromatic N) is 3. The summed E-state index contributed by atoms with van der Waals surface area (Å²) in [5, 5.41) is 10.8. The molecule has 2 rings (SSSR count). The van der Waals surface area contributed by atoms with Crippen LogP contribution in [0.3, 0.4) is 0 Å². The van der Waals surface area contributed by atoms with E-state index in [1.54, 1.807) is 4.90 Å². The van der Waals surface area contributed by atoms with Crippen LogP contribution in [0.1, 0.15) is 25.3 Å². The highest BCUT2D eigenvalue weighted by Gasteiger charge is 2.36. The molecule has 8 heteroatoms. The zero-order valence-corrected chi connectivity index (χ0v) is 13.0. The maximum atomic E-state index is 13.3. The quantitative estimate of drug-likeness (QED) is 0.625. The summed E-state index contributed by atoms with van der Waals surface area (Å²) in [5.41, 5.74) is -1.44. The molecule has 1 aromatic carbocycles. The van der Waals surface area contributed by atoms with E-state index in [0.717, 1.165) is 32.0 Å². The van der Waals surface area contributed by atoms with Crippen molar-refractivity contribution < 1.29 is 18.1 Å². The number of hydrogen-bond acceptors (Lipinski definition) is 4. The molecular formula is C15H20F3N3O2. The number of anilines is 1. The second-order valence-electron chi connectivity index (χ2n) is 5.64. The van der Waals surface area contributed by atoms with Crippen LogP contribution in [-0.4, -0.2) is 42.5 Å². The highest BCUT2D eigenvalue weighted by molar-refractivity contribution is 5.59. The lowest BCUT2D eigenvalue weighted by Gasteiger charge is -2.26. The zero-order valence-electron chi connectivity index (χ0n) is 13.0. The first-order valence-electron chi connectivity index (χ1n) is 7.66. The molecule has 0 amide bonds. The molecule has 0 aromatic heterocycles. The SMILES string of the molecule is CCCN1CCCN(c2ccc([N+](=O)[O-])cc2C(F)(F)F)CC1. The maximum absolute atomic E-state index is 13.3. The molecule has 0 N–H and O–H groups in total. The number of hydrogen-bond donors (Lipinski definition) is 0. The molecule has 1 aliphatic heterocycles. The van der Waals surface area contributed by atoms with Gasteiger partial charge in [-0.05, 0) is 32.0 Å². The lowest BCUT2D eigenvalue weighted by atomic mass is 10.1. The van der Waals surface area contributed by atoms with E-state index in [0.29, 0.717) is 25.7 Å². The Kier molecular flexibility index (Phi) is 5.46. The fraction of sp³-hybridized carbons (Fsp3) is 0.600. The predicted molar refractivity (Wildman–Crippen MR) is 81.7 cm³/mol. The fourth-order valence-corrected chi connectivity index (χ4v) is 2.89. The van der Waals surface area contributed by atoms with E-state index < -0.39 is 22.4 Å². The van der Waals surface area contributed by atoms with Crippen molar-refractivity contribution in [3.05, 3.63) is 33.9 Å². The van der Waals surface area contributed by atoms with Crippen molar-refractivity contribution >= 4 is 11.4 Å². The van der Waals surface area contributed by atoms with Crippen molar-refractivity contribution in [1.29, 1.82) is 0 Å². The number of alkyl halides is 3. The summed E-state index contributed by atoms with van der Waals surface area (Å²) in [4.78, 5) is 13.9. The Hall–Kier alpha value is -1.83. The Bertz CT molecular complexity index is 563. The lowest BCUT2D eigenvalue weighted by molar-refractivity contribution is -0.385. The summed E-state index contributed by atoms with van der Waals surface area (Å²) in [6, 6.07) is 2.99. The standard InChI is InChI=1S/C15H20F3N3O2/c1-2-6-19-7-3-8-20(10-9-19)14-5-4-12(21(22)23)11-13(14)15(16,17)18/h4-5,11H,2-3,6-10H2,1H3. The van der Waals surface area contributed by atoms with Gasteiger partial charge in [-0.15, -0.1) is 0 Å². The normalized spacial score (nSPS) is 17.1. The van der Waals surface area contributed by atoms with Crippen LogP contribution in [0, 0.1) is 10.1 Å². The number of nitro benzene ring substituents is 1. The Balaban J connectivity index is 2.29. The van der Waals surface area contributed by atoms with Crippen molar-refractivity contribution in [1.82, 2.24) is 4.90 Å². The summed E-state index contributed by atoms with van der Waals surface area (Å²) in [7, 11) is 0. The number of halogens is 3. The van der Waals surface area contributed by atoms with Crippen molar-refractivity contribution in [3.8, 4) is 0 Å². The van der Waals surface area contributed by atoms with Crippen LogP contribution >= 0.6 is 0 Å². The predicted octanol–water partition coefficient (Wildman–Crippen LogP) is 3.54. The summed E-state index contributed by atoms with van der Waals surface area (Å²) < 4.78 is 39.9. The van der Waals surface area contributed by atoms with Gasteiger partial charge in [0.1, 0.15) is 0 Å². The maximum Gasteiger partial charge on any atom is 0.418 e. The van der Waals surface area contributed by atoms with Crippen molar-refractivity contribution in [2.24, 2.45) is 0 Å². The molecule has 0 aliphatic carbocycles. The Labute approximate surface area is 132 Å². The second kappa shape index (κ2) is 7.16.